The minimum absolute atomic E-state index is 0.769. The van der Waals surface area contributed by atoms with E-state index in [2.05, 4.69) is 37.8 Å². The van der Waals surface area contributed by atoms with Gasteiger partial charge in [-0.25, -0.2) is 4.98 Å². The quantitative estimate of drug-likeness (QED) is 0.462. The van der Waals surface area contributed by atoms with Crippen molar-refractivity contribution in [2.24, 2.45) is 0 Å². The zero-order chi connectivity index (χ0) is 22.5. The minimum atomic E-state index is 0.769. The van der Waals surface area contributed by atoms with Gasteiger partial charge in [0.15, 0.2) is 0 Å². The van der Waals surface area contributed by atoms with E-state index in [-0.39, 0.29) is 0 Å². The minimum Gasteiger partial charge on any atom is -0.379 e. The number of hydrogen-bond donors (Lipinski definition) is 2. The van der Waals surface area contributed by atoms with Crippen LogP contribution in [0.2, 0.25) is 0 Å². The van der Waals surface area contributed by atoms with Gasteiger partial charge in [0.2, 0.25) is 0 Å². The molecule has 4 heterocycles. The molecule has 4 rings (SSSR count). The molecular formula is C24H37N7O. The third-order valence-electron chi connectivity index (χ3n) is 6.67. The first-order valence-electron chi connectivity index (χ1n) is 11.9. The van der Waals surface area contributed by atoms with E-state index in [1.165, 1.54) is 43.3 Å². The fourth-order valence-electron chi connectivity index (χ4n) is 4.91. The first-order valence-corrected chi connectivity index (χ1v) is 11.9. The van der Waals surface area contributed by atoms with E-state index in [0.717, 1.165) is 80.8 Å². The summed E-state index contributed by atoms with van der Waals surface area (Å²) in [6, 6.07) is 2.10. The Bertz CT molecular complexity index is 933. The summed E-state index contributed by atoms with van der Waals surface area (Å²) in [7, 11) is 1.86. The summed E-state index contributed by atoms with van der Waals surface area (Å²) < 4.78 is 7.69. The van der Waals surface area contributed by atoms with Crippen LogP contribution in [0.5, 0.6) is 0 Å². The molecule has 0 amide bonds. The van der Waals surface area contributed by atoms with Gasteiger partial charge >= 0.3 is 0 Å². The van der Waals surface area contributed by atoms with Crippen molar-refractivity contribution in [2.75, 3.05) is 56.7 Å². The topological polar surface area (TPSA) is 82.3 Å². The summed E-state index contributed by atoms with van der Waals surface area (Å²) >= 11 is 0. The molecule has 0 unspecified atom stereocenters. The summed E-state index contributed by atoms with van der Waals surface area (Å²) in [6.45, 7) is 12.0. The molecule has 2 aromatic heterocycles. The summed E-state index contributed by atoms with van der Waals surface area (Å²) in [6.07, 6.45) is 6.06. The molecule has 8 heteroatoms. The number of rotatable bonds is 9. The van der Waals surface area contributed by atoms with Gasteiger partial charge in [0.05, 0.1) is 30.2 Å². The van der Waals surface area contributed by atoms with E-state index in [9.17, 15) is 0 Å². The van der Waals surface area contributed by atoms with E-state index in [0.29, 0.717) is 0 Å². The van der Waals surface area contributed by atoms with Crippen molar-refractivity contribution < 1.29 is 4.74 Å². The molecule has 0 bridgehead atoms. The summed E-state index contributed by atoms with van der Waals surface area (Å²) in [5.74, 6) is 0.769. The Morgan fingerprint density at radius 2 is 1.91 bits per heavy atom. The second kappa shape index (κ2) is 10.4. The number of aryl methyl sites for hydroxylation is 3. The molecule has 8 nitrogen and oxygen atoms in total. The van der Waals surface area contributed by atoms with Crippen LogP contribution in [0.15, 0.2) is 6.07 Å². The zero-order valence-corrected chi connectivity index (χ0v) is 19.8. The largest absolute Gasteiger partial charge is 0.379 e. The maximum Gasteiger partial charge on any atom is 0.136 e. The molecule has 0 atom stereocenters. The lowest BCUT2D eigenvalue weighted by atomic mass is 10.0. The number of fused-ring (bicyclic) bond motifs is 1. The second-order valence-electron chi connectivity index (χ2n) is 8.86. The average molecular weight is 440 g/mol. The maximum absolute atomic E-state index is 7.93. The molecule has 0 aliphatic carbocycles. The highest BCUT2D eigenvalue weighted by molar-refractivity contribution is 5.92. The number of pyridine rings is 1. The number of nitrogens with one attached hydrogen (secondary N) is 2. The van der Waals surface area contributed by atoms with Gasteiger partial charge in [-0.15, -0.1) is 0 Å². The third kappa shape index (κ3) is 4.96. The number of hydrogen-bond acceptors (Lipinski definition) is 7. The Kier molecular flexibility index (Phi) is 7.42. The smallest absolute Gasteiger partial charge is 0.136 e. The van der Waals surface area contributed by atoms with Crippen molar-refractivity contribution in [3.05, 3.63) is 34.3 Å². The molecule has 32 heavy (non-hydrogen) atoms. The molecule has 1 saturated heterocycles. The first-order chi connectivity index (χ1) is 15.6. The van der Waals surface area contributed by atoms with Crippen LogP contribution in [0.25, 0.3) is 0 Å². The van der Waals surface area contributed by atoms with Gasteiger partial charge in [-0.2, -0.15) is 5.10 Å². The predicted octanol–water partition coefficient (Wildman–Crippen LogP) is 3.00. The Hall–Kier alpha value is -2.45. The van der Waals surface area contributed by atoms with Crippen LogP contribution in [-0.2, 0) is 24.2 Å². The summed E-state index contributed by atoms with van der Waals surface area (Å²) in [5, 5.41) is 16.0. The monoisotopic (exact) mass is 439 g/mol. The van der Waals surface area contributed by atoms with E-state index in [4.69, 9.17) is 15.2 Å². The molecule has 0 spiro atoms. The molecule has 0 saturated carbocycles. The van der Waals surface area contributed by atoms with Crippen LogP contribution in [0.3, 0.4) is 0 Å². The van der Waals surface area contributed by atoms with Crippen molar-refractivity contribution in [3.63, 3.8) is 0 Å². The van der Waals surface area contributed by atoms with Crippen LogP contribution >= 0.6 is 0 Å². The number of ether oxygens (including phenoxy) is 1. The van der Waals surface area contributed by atoms with Crippen LogP contribution < -0.4 is 10.2 Å². The van der Waals surface area contributed by atoms with Crippen molar-refractivity contribution in [1.29, 1.82) is 5.41 Å². The second-order valence-corrected chi connectivity index (χ2v) is 8.86. The van der Waals surface area contributed by atoms with Crippen molar-refractivity contribution in [1.82, 2.24) is 19.7 Å². The van der Waals surface area contributed by atoms with Gasteiger partial charge in [0.25, 0.3) is 0 Å². The van der Waals surface area contributed by atoms with Gasteiger partial charge < -0.3 is 20.4 Å². The lowest BCUT2D eigenvalue weighted by Crippen LogP contribution is -2.36. The van der Waals surface area contributed by atoms with Crippen molar-refractivity contribution in [3.8, 4) is 0 Å². The maximum atomic E-state index is 7.93. The predicted molar refractivity (Wildman–Crippen MR) is 129 cm³/mol. The zero-order valence-electron chi connectivity index (χ0n) is 19.8. The normalized spacial score (nSPS) is 16.8. The molecule has 174 valence electrons. The van der Waals surface area contributed by atoms with Crippen molar-refractivity contribution in [2.45, 2.75) is 52.6 Å². The SMILES string of the molecule is CNc1nc(C)cc(N2CCc3c(c(C)nn3CCCCCN3CCOCC3)C2)c1C=N. The van der Waals surface area contributed by atoms with E-state index >= 15 is 0 Å². The van der Waals surface area contributed by atoms with Crippen LogP contribution in [0.1, 0.15) is 47.5 Å². The van der Waals surface area contributed by atoms with Crippen LogP contribution in [-0.4, -0.2) is 72.3 Å². The average Bonchev–Trinajstić information content (AvgIpc) is 3.13. The lowest BCUT2D eigenvalue weighted by molar-refractivity contribution is 0.0371. The Labute approximate surface area is 191 Å². The highest BCUT2D eigenvalue weighted by Gasteiger charge is 2.25. The third-order valence-corrected chi connectivity index (χ3v) is 6.67. The number of unbranched alkanes of at least 4 members (excludes halogenated alkanes) is 2. The van der Waals surface area contributed by atoms with Gasteiger partial charge in [0, 0.05) is 69.4 Å². The van der Waals surface area contributed by atoms with Gasteiger partial charge in [-0.1, -0.05) is 6.42 Å². The molecule has 1 fully saturated rings. The standard InChI is InChI=1S/C24H37N7O/c1-18-15-23(20(16-25)24(26-3)27-18)30-10-7-22-21(17-30)19(2)28-31(22)9-6-4-5-8-29-11-13-32-14-12-29/h15-16,25H,4-14,17H2,1-3H3,(H,26,27). The number of nitrogens with zero attached hydrogens (tertiary/aromatic N) is 5. The fraction of sp³-hybridized carbons (Fsp3) is 0.625. The van der Waals surface area contributed by atoms with Crippen LogP contribution in [0.4, 0.5) is 11.5 Å². The molecule has 0 aromatic carbocycles. The highest BCUT2D eigenvalue weighted by Crippen LogP contribution is 2.31. The fourth-order valence-corrected chi connectivity index (χ4v) is 4.91. The summed E-state index contributed by atoms with van der Waals surface area (Å²) in [4.78, 5) is 9.44. The van der Waals surface area contributed by atoms with Crippen molar-refractivity contribution >= 4 is 17.7 Å². The lowest BCUT2D eigenvalue weighted by Gasteiger charge is -2.31. The Morgan fingerprint density at radius 3 is 2.66 bits per heavy atom. The molecule has 2 N–H and O–H groups in total. The first kappa shape index (κ1) is 22.7. The Morgan fingerprint density at radius 1 is 1.12 bits per heavy atom. The molecule has 2 aromatic rings. The van der Waals surface area contributed by atoms with E-state index < -0.39 is 0 Å². The van der Waals surface area contributed by atoms with Gasteiger partial charge in [-0.3, -0.25) is 9.58 Å². The van der Waals surface area contributed by atoms with E-state index in [1.807, 2.05) is 14.0 Å². The molecule has 2 aliphatic rings. The number of anilines is 2. The molecule has 0 radical (unpaired) electrons. The highest BCUT2D eigenvalue weighted by atomic mass is 16.5. The number of aromatic nitrogens is 3. The van der Waals surface area contributed by atoms with Gasteiger partial charge in [0.1, 0.15) is 5.82 Å². The summed E-state index contributed by atoms with van der Waals surface area (Å²) in [5.41, 5.74) is 6.77. The van der Waals surface area contributed by atoms with Gasteiger partial charge in [-0.05, 0) is 39.3 Å². The van der Waals surface area contributed by atoms with Crippen LogP contribution in [0, 0.1) is 19.3 Å². The van der Waals surface area contributed by atoms with E-state index in [1.54, 1.807) is 0 Å². The number of morpholine rings is 1. The Balaban J connectivity index is 1.38. The molecule has 2 aliphatic heterocycles. The molecular weight excluding hydrogens is 402 g/mol.